The second-order valence-electron chi connectivity index (χ2n) is 4.60. The van der Waals surface area contributed by atoms with Crippen LogP contribution in [-0.4, -0.2) is 52.5 Å². The average Bonchev–Trinajstić information content (AvgIpc) is 2.39. The van der Waals surface area contributed by atoms with E-state index >= 15 is 0 Å². The molecule has 0 aromatic rings. The summed E-state index contributed by atoms with van der Waals surface area (Å²) in [4.78, 5) is 34.5. The van der Waals surface area contributed by atoms with Gasteiger partial charge in [-0.3, -0.25) is 9.59 Å². The van der Waals surface area contributed by atoms with Crippen LogP contribution in [0.4, 0.5) is 0 Å². The highest BCUT2D eigenvalue weighted by Gasteiger charge is 2.28. The zero-order valence-electron chi connectivity index (χ0n) is 11.4. The summed E-state index contributed by atoms with van der Waals surface area (Å²) in [6.45, 7) is 3.34. The van der Waals surface area contributed by atoms with E-state index in [1.54, 1.807) is 13.8 Å². The molecule has 0 saturated heterocycles. The number of carboxylic acid groups (broad SMARTS) is 1. The lowest BCUT2D eigenvalue weighted by molar-refractivity contribution is -0.143. The van der Waals surface area contributed by atoms with Crippen molar-refractivity contribution in [3.8, 4) is 0 Å². The highest BCUT2D eigenvalue weighted by molar-refractivity contribution is 7.80. The number of amides is 2. The molecule has 0 saturated carbocycles. The molecule has 0 aromatic heterocycles. The summed E-state index contributed by atoms with van der Waals surface area (Å²) >= 11 is 7.85. The number of nitrogens with two attached hydrogens (primary N) is 1. The Morgan fingerprint density at radius 3 is 2.00 bits per heavy atom. The molecular weight excluding hydrogens is 302 g/mol. The number of aliphatic carboxylic acids is 1. The van der Waals surface area contributed by atoms with Gasteiger partial charge in [-0.15, -0.1) is 0 Å². The van der Waals surface area contributed by atoms with Gasteiger partial charge in [-0.1, -0.05) is 13.8 Å². The molecule has 0 aromatic carbocycles. The predicted molar refractivity (Wildman–Crippen MR) is 82.0 cm³/mol. The third kappa shape index (κ3) is 6.02. The molecule has 0 heterocycles. The van der Waals surface area contributed by atoms with Crippen molar-refractivity contribution < 1.29 is 19.5 Å². The molecule has 2 amide bonds. The molecule has 7 nitrogen and oxygen atoms in total. The minimum atomic E-state index is -1.13. The van der Waals surface area contributed by atoms with Crippen molar-refractivity contribution in [2.24, 2.45) is 11.7 Å². The lowest BCUT2D eigenvalue weighted by atomic mass is 10.0. The number of carbonyl (C=O) groups excluding carboxylic acids is 2. The largest absolute Gasteiger partial charge is 0.480 e. The van der Waals surface area contributed by atoms with Gasteiger partial charge in [-0.05, 0) is 5.92 Å². The van der Waals surface area contributed by atoms with Crippen LogP contribution in [0.3, 0.4) is 0 Å². The van der Waals surface area contributed by atoms with Crippen LogP contribution in [0.2, 0.25) is 0 Å². The Labute approximate surface area is 128 Å². The minimum Gasteiger partial charge on any atom is -0.480 e. The molecule has 0 aliphatic carbocycles. The molecule has 0 fully saturated rings. The standard InChI is InChI=1S/C11H21N3O4S2/c1-5(2)8(11(17)18)14-10(16)7(4-20)13-9(15)6(12)3-19/h5-8,19-20H,3-4,12H2,1-2H3,(H,13,15)(H,14,16)(H,17,18)/t6-,7-,8+/m1/s1. The van der Waals surface area contributed by atoms with Crippen LogP contribution in [0, 0.1) is 5.92 Å². The maximum absolute atomic E-state index is 11.9. The van der Waals surface area contributed by atoms with Crippen molar-refractivity contribution in [1.82, 2.24) is 10.6 Å². The van der Waals surface area contributed by atoms with Crippen molar-refractivity contribution in [3.63, 3.8) is 0 Å². The zero-order chi connectivity index (χ0) is 15.9. The summed E-state index contributed by atoms with van der Waals surface area (Å²) in [5.41, 5.74) is 5.48. The molecule has 0 spiro atoms. The second-order valence-corrected chi connectivity index (χ2v) is 5.33. The molecule has 0 bridgehead atoms. The van der Waals surface area contributed by atoms with E-state index in [1.807, 2.05) is 0 Å². The maximum Gasteiger partial charge on any atom is 0.326 e. The molecule has 0 aliphatic heterocycles. The lowest BCUT2D eigenvalue weighted by Crippen LogP contribution is -2.56. The van der Waals surface area contributed by atoms with Crippen molar-refractivity contribution in [2.45, 2.75) is 32.0 Å². The molecule has 0 radical (unpaired) electrons. The van der Waals surface area contributed by atoms with Gasteiger partial charge >= 0.3 is 5.97 Å². The van der Waals surface area contributed by atoms with E-state index < -0.39 is 35.9 Å². The van der Waals surface area contributed by atoms with Gasteiger partial charge in [-0.2, -0.15) is 25.3 Å². The van der Waals surface area contributed by atoms with E-state index in [1.165, 1.54) is 0 Å². The fourth-order valence-corrected chi connectivity index (χ4v) is 1.75. The van der Waals surface area contributed by atoms with E-state index in [9.17, 15) is 14.4 Å². The smallest absolute Gasteiger partial charge is 0.326 e. The van der Waals surface area contributed by atoms with E-state index in [4.69, 9.17) is 10.8 Å². The van der Waals surface area contributed by atoms with Gasteiger partial charge < -0.3 is 21.5 Å². The molecule has 9 heteroatoms. The minimum absolute atomic E-state index is 0.0291. The van der Waals surface area contributed by atoms with Crippen molar-refractivity contribution >= 4 is 43.0 Å². The quantitative estimate of drug-likeness (QED) is 0.316. The second kappa shape index (κ2) is 9.09. The van der Waals surface area contributed by atoms with Gasteiger partial charge in [0.1, 0.15) is 12.1 Å². The summed E-state index contributed by atoms with van der Waals surface area (Å²) in [7, 11) is 0. The topological polar surface area (TPSA) is 122 Å². The van der Waals surface area contributed by atoms with E-state index in [2.05, 4.69) is 35.9 Å². The Balaban J connectivity index is 4.70. The van der Waals surface area contributed by atoms with Crippen LogP contribution in [0.25, 0.3) is 0 Å². The summed E-state index contributed by atoms with van der Waals surface area (Å²) in [6.07, 6.45) is 0. The highest BCUT2D eigenvalue weighted by atomic mass is 32.1. The first-order valence-corrected chi connectivity index (χ1v) is 7.31. The Kier molecular flexibility index (Phi) is 8.67. The Hall–Kier alpha value is -0.930. The van der Waals surface area contributed by atoms with Crippen LogP contribution in [0.5, 0.6) is 0 Å². The number of hydrogen-bond donors (Lipinski definition) is 6. The SMILES string of the molecule is CC(C)[C@H](NC(=O)[C@@H](CS)NC(=O)[C@H](N)CS)C(=O)O. The number of hydrogen-bond acceptors (Lipinski definition) is 6. The van der Waals surface area contributed by atoms with Gasteiger partial charge in [0.05, 0.1) is 6.04 Å². The molecule has 0 aliphatic rings. The average molecular weight is 323 g/mol. The third-order valence-corrected chi connectivity index (χ3v) is 3.34. The monoisotopic (exact) mass is 323 g/mol. The Morgan fingerprint density at radius 2 is 1.65 bits per heavy atom. The maximum atomic E-state index is 11.9. The van der Waals surface area contributed by atoms with E-state index in [0.717, 1.165) is 0 Å². The molecule has 5 N–H and O–H groups in total. The summed E-state index contributed by atoms with van der Waals surface area (Å²) < 4.78 is 0. The van der Waals surface area contributed by atoms with E-state index in [-0.39, 0.29) is 17.4 Å². The van der Waals surface area contributed by atoms with Crippen LogP contribution >= 0.6 is 25.3 Å². The Morgan fingerprint density at radius 1 is 1.10 bits per heavy atom. The fraction of sp³-hybridized carbons (Fsp3) is 0.727. The van der Waals surface area contributed by atoms with Crippen LogP contribution in [0.1, 0.15) is 13.8 Å². The van der Waals surface area contributed by atoms with Gasteiger partial charge in [0.2, 0.25) is 11.8 Å². The molecule has 116 valence electrons. The summed E-state index contributed by atoms with van der Waals surface area (Å²) in [5, 5.41) is 13.8. The summed E-state index contributed by atoms with van der Waals surface area (Å²) in [5.74, 6) is -2.40. The first-order valence-electron chi connectivity index (χ1n) is 6.05. The number of rotatable bonds is 8. The van der Waals surface area contributed by atoms with Crippen molar-refractivity contribution in [1.29, 1.82) is 0 Å². The number of thiol groups is 2. The number of carbonyl (C=O) groups is 3. The van der Waals surface area contributed by atoms with Gasteiger partial charge in [0.15, 0.2) is 0 Å². The van der Waals surface area contributed by atoms with Crippen LogP contribution in [0.15, 0.2) is 0 Å². The van der Waals surface area contributed by atoms with Gasteiger partial charge in [-0.25, -0.2) is 4.79 Å². The number of nitrogens with one attached hydrogen (secondary N) is 2. The van der Waals surface area contributed by atoms with E-state index in [0.29, 0.717) is 0 Å². The van der Waals surface area contributed by atoms with Gasteiger partial charge in [0, 0.05) is 11.5 Å². The van der Waals surface area contributed by atoms with Crippen LogP contribution in [-0.2, 0) is 14.4 Å². The number of carboxylic acids is 1. The predicted octanol–water partition coefficient (Wildman–Crippen LogP) is -1.12. The first-order chi connectivity index (χ1) is 9.24. The molecular formula is C11H21N3O4S2. The normalized spacial score (nSPS) is 15.3. The lowest BCUT2D eigenvalue weighted by Gasteiger charge is -2.23. The van der Waals surface area contributed by atoms with Crippen molar-refractivity contribution in [3.05, 3.63) is 0 Å². The van der Waals surface area contributed by atoms with Gasteiger partial charge in [0.25, 0.3) is 0 Å². The highest BCUT2D eigenvalue weighted by Crippen LogP contribution is 2.03. The molecule has 20 heavy (non-hydrogen) atoms. The zero-order valence-corrected chi connectivity index (χ0v) is 13.2. The first kappa shape index (κ1) is 19.1. The summed E-state index contributed by atoms with van der Waals surface area (Å²) in [6, 6.07) is -2.81. The van der Waals surface area contributed by atoms with Crippen LogP contribution < -0.4 is 16.4 Å². The molecule has 0 rings (SSSR count). The Bertz CT molecular complexity index is 366. The molecule has 3 atom stereocenters. The van der Waals surface area contributed by atoms with Crippen molar-refractivity contribution in [2.75, 3.05) is 11.5 Å². The fourth-order valence-electron chi connectivity index (χ4n) is 1.32. The third-order valence-electron chi connectivity index (χ3n) is 2.58. The molecule has 0 unspecified atom stereocenters.